The van der Waals surface area contributed by atoms with Gasteiger partial charge >= 0.3 is 0 Å². The van der Waals surface area contributed by atoms with Crippen molar-refractivity contribution in [2.24, 2.45) is 11.3 Å². The second kappa shape index (κ2) is 7.62. The molecule has 2 heterocycles. The maximum absolute atomic E-state index is 12.5. The largest absolute Gasteiger partial charge is 0.351 e. The molecule has 1 aromatic carbocycles. The highest BCUT2D eigenvalue weighted by molar-refractivity contribution is 5.94. The Labute approximate surface area is 155 Å². The molecule has 1 saturated heterocycles. The van der Waals surface area contributed by atoms with Crippen LogP contribution in [0.25, 0.3) is 0 Å². The maximum atomic E-state index is 12.5. The summed E-state index contributed by atoms with van der Waals surface area (Å²) in [5.74, 6) is 0.753. The maximum Gasteiger partial charge on any atom is 0.251 e. The number of carbonyl (C=O) groups is 1. The Morgan fingerprint density at radius 3 is 2.81 bits per heavy atom. The van der Waals surface area contributed by atoms with Crippen molar-refractivity contribution in [3.8, 4) is 0 Å². The van der Waals surface area contributed by atoms with E-state index >= 15 is 0 Å². The predicted molar refractivity (Wildman–Crippen MR) is 102 cm³/mol. The van der Waals surface area contributed by atoms with E-state index in [2.05, 4.69) is 27.9 Å². The van der Waals surface area contributed by atoms with Crippen molar-refractivity contribution in [3.63, 3.8) is 0 Å². The first-order valence-corrected chi connectivity index (χ1v) is 9.78. The van der Waals surface area contributed by atoms with E-state index in [1.165, 1.54) is 18.4 Å². The minimum absolute atomic E-state index is 0.0302. The van der Waals surface area contributed by atoms with Gasteiger partial charge in [-0.2, -0.15) is 5.10 Å². The van der Waals surface area contributed by atoms with Crippen LogP contribution in [0.15, 0.2) is 42.7 Å². The number of piperidine rings is 1. The number of nitrogens with one attached hydrogen (secondary N) is 2. The molecule has 1 atom stereocenters. The van der Waals surface area contributed by atoms with Crippen molar-refractivity contribution < 1.29 is 4.79 Å². The Morgan fingerprint density at radius 2 is 2.15 bits per heavy atom. The molecule has 4 rings (SSSR count). The summed E-state index contributed by atoms with van der Waals surface area (Å²) < 4.78 is 1.97. The molecule has 0 bridgehead atoms. The van der Waals surface area contributed by atoms with Crippen molar-refractivity contribution in [2.75, 3.05) is 19.6 Å². The van der Waals surface area contributed by atoms with Gasteiger partial charge in [0.1, 0.15) is 0 Å². The van der Waals surface area contributed by atoms with Crippen molar-refractivity contribution in [2.45, 2.75) is 38.6 Å². The molecule has 5 nitrogen and oxygen atoms in total. The fourth-order valence-corrected chi connectivity index (χ4v) is 3.90. The monoisotopic (exact) mass is 352 g/mol. The molecule has 5 heteroatoms. The second-order valence-electron chi connectivity index (χ2n) is 8.00. The second-order valence-corrected chi connectivity index (χ2v) is 8.00. The van der Waals surface area contributed by atoms with Gasteiger partial charge in [-0.05, 0) is 74.9 Å². The average molecular weight is 352 g/mol. The SMILES string of the molecule is O=C(NCC1(Cn2cccn2)CC1)c1ccc(CC2CCCNC2)cc1. The lowest BCUT2D eigenvalue weighted by atomic mass is 9.92. The molecule has 2 aromatic rings. The first-order chi connectivity index (χ1) is 12.7. The summed E-state index contributed by atoms with van der Waals surface area (Å²) in [5, 5.41) is 10.9. The summed E-state index contributed by atoms with van der Waals surface area (Å²) in [7, 11) is 0. The van der Waals surface area contributed by atoms with Gasteiger partial charge in [0.2, 0.25) is 0 Å². The van der Waals surface area contributed by atoms with Gasteiger partial charge in [-0.15, -0.1) is 0 Å². The van der Waals surface area contributed by atoms with Crippen molar-refractivity contribution in [3.05, 3.63) is 53.9 Å². The molecule has 26 heavy (non-hydrogen) atoms. The van der Waals surface area contributed by atoms with Gasteiger partial charge in [0, 0.05) is 36.5 Å². The minimum atomic E-state index is 0.0302. The lowest BCUT2D eigenvalue weighted by Crippen LogP contribution is -2.32. The Balaban J connectivity index is 1.28. The molecule has 1 saturated carbocycles. The molecular formula is C21H28N4O. The number of amides is 1. The lowest BCUT2D eigenvalue weighted by molar-refractivity contribution is 0.0942. The van der Waals surface area contributed by atoms with E-state index in [0.29, 0.717) is 0 Å². The zero-order valence-electron chi connectivity index (χ0n) is 15.3. The molecule has 1 aliphatic carbocycles. The molecule has 1 aromatic heterocycles. The number of hydrogen-bond donors (Lipinski definition) is 2. The van der Waals surface area contributed by atoms with E-state index in [9.17, 15) is 4.79 Å². The van der Waals surface area contributed by atoms with Crippen LogP contribution in [0, 0.1) is 11.3 Å². The Hall–Kier alpha value is -2.14. The van der Waals surface area contributed by atoms with Gasteiger partial charge in [-0.3, -0.25) is 9.48 Å². The Morgan fingerprint density at radius 1 is 1.31 bits per heavy atom. The summed E-state index contributed by atoms with van der Waals surface area (Å²) in [5.41, 5.74) is 2.27. The molecule has 2 aliphatic rings. The third-order valence-electron chi connectivity index (χ3n) is 5.78. The van der Waals surface area contributed by atoms with Crippen LogP contribution >= 0.6 is 0 Å². The molecule has 1 unspecified atom stereocenters. The first kappa shape index (κ1) is 17.3. The molecule has 2 N–H and O–H groups in total. The molecule has 1 amide bonds. The van der Waals surface area contributed by atoms with Gasteiger partial charge in [0.25, 0.3) is 5.91 Å². The molecule has 0 radical (unpaired) electrons. The van der Waals surface area contributed by atoms with Crippen LogP contribution in [0.4, 0.5) is 0 Å². The Kier molecular flexibility index (Phi) is 5.07. The molecule has 1 aliphatic heterocycles. The summed E-state index contributed by atoms with van der Waals surface area (Å²) in [6.45, 7) is 3.87. The van der Waals surface area contributed by atoms with Gasteiger partial charge in [0.15, 0.2) is 0 Å². The quantitative estimate of drug-likeness (QED) is 0.805. The van der Waals surface area contributed by atoms with E-state index < -0.39 is 0 Å². The van der Waals surface area contributed by atoms with E-state index in [1.807, 2.05) is 29.1 Å². The summed E-state index contributed by atoms with van der Waals surface area (Å²) in [6, 6.07) is 10.1. The van der Waals surface area contributed by atoms with Crippen LogP contribution in [0.1, 0.15) is 41.6 Å². The summed E-state index contributed by atoms with van der Waals surface area (Å²) in [6.07, 6.45) is 9.77. The predicted octanol–water partition coefficient (Wildman–Crippen LogP) is 2.64. The van der Waals surface area contributed by atoms with Crippen LogP contribution in [-0.2, 0) is 13.0 Å². The van der Waals surface area contributed by atoms with Crippen molar-refractivity contribution in [1.82, 2.24) is 20.4 Å². The highest BCUT2D eigenvalue weighted by atomic mass is 16.1. The topological polar surface area (TPSA) is 59.0 Å². The van der Waals surface area contributed by atoms with Gasteiger partial charge in [0.05, 0.1) is 0 Å². The average Bonchev–Trinajstić information content (AvgIpc) is 3.24. The Bertz CT molecular complexity index is 713. The zero-order chi connectivity index (χ0) is 17.8. The van der Waals surface area contributed by atoms with E-state index in [-0.39, 0.29) is 11.3 Å². The van der Waals surface area contributed by atoms with Crippen molar-refractivity contribution >= 4 is 5.91 Å². The third-order valence-corrected chi connectivity index (χ3v) is 5.78. The van der Waals surface area contributed by atoms with Crippen molar-refractivity contribution in [1.29, 1.82) is 0 Å². The third kappa shape index (κ3) is 4.33. The minimum Gasteiger partial charge on any atom is -0.351 e. The van der Waals surface area contributed by atoms with Crippen LogP contribution in [0.3, 0.4) is 0 Å². The molecule has 138 valence electrons. The van der Waals surface area contributed by atoms with Gasteiger partial charge in [-0.1, -0.05) is 12.1 Å². The fourth-order valence-electron chi connectivity index (χ4n) is 3.90. The van der Waals surface area contributed by atoms with E-state index in [0.717, 1.165) is 56.9 Å². The molecule has 0 spiro atoms. The number of nitrogens with zero attached hydrogens (tertiary/aromatic N) is 2. The van der Waals surface area contributed by atoms with E-state index in [4.69, 9.17) is 0 Å². The molecular weight excluding hydrogens is 324 g/mol. The number of benzene rings is 1. The standard InChI is InChI=1S/C21H28N4O/c26-20(23-15-21(8-9-21)16-25-12-2-11-24-25)19-6-4-17(5-7-19)13-18-3-1-10-22-14-18/h2,4-7,11-12,18,22H,1,3,8-10,13-16H2,(H,23,26). The van der Waals surface area contributed by atoms with Crippen LogP contribution in [-0.4, -0.2) is 35.3 Å². The van der Waals surface area contributed by atoms with Crippen LogP contribution < -0.4 is 10.6 Å². The number of carbonyl (C=O) groups excluding carboxylic acids is 1. The number of aromatic nitrogens is 2. The zero-order valence-corrected chi connectivity index (χ0v) is 15.3. The number of rotatable bonds is 7. The lowest BCUT2D eigenvalue weighted by Gasteiger charge is -2.22. The summed E-state index contributed by atoms with van der Waals surface area (Å²) in [4.78, 5) is 12.5. The molecule has 2 fully saturated rings. The highest BCUT2D eigenvalue weighted by Gasteiger charge is 2.43. The van der Waals surface area contributed by atoms with Crippen LogP contribution in [0.5, 0.6) is 0 Å². The summed E-state index contributed by atoms with van der Waals surface area (Å²) >= 11 is 0. The van der Waals surface area contributed by atoms with E-state index in [1.54, 1.807) is 6.20 Å². The first-order valence-electron chi connectivity index (χ1n) is 9.78. The number of hydrogen-bond acceptors (Lipinski definition) is 3. The van der Waals surface area contributed by atoms with Gasteiger partial charge in [-0.25, -0.2) is 0 Å². The fraction of sp³-hybridized carbons (Fsp3) is 0.524. The smallest absolute Gasteiger partial charge is 0.251 e. The normalized spacial score (nSPS) is 21.3. The van der Waals surface area contributed by atoms with Gasteiger partial charge < -0.3 is 10.6 Å². The van der Waals surface area contributed by atoms with Crippen LogP contribution in [0.2, 0.25) is 0 Å². The highest BCUT2D eigenvalue weighted by Crippen LogP contribution is 2.46.